The number of hydrogen-bond acceptors (Lipinski definition) is 6. The molecule has 9 heteroatoms. The molecule has 6 nitrogen and oxygen atoms in total. The van der Waals surface area contributed by atoms with Gasteiger partial charge in [0.15, 0.2) is 16.9 Å². The highest BCUT2D eigenvalue weighted by Gasteiger charge is 2.26. The number of rotatable bonds is 5. The van der Waals surface area contributed by atoms with Gasteiger partial charge in [-0.2, -0.15) is 8.75 Å². The van der Waals surface area contributed by atoms with E-state index in [4.69, 9.17) is 34.4 Å². The summed E-state index contributed by atoms with van der Waals surface area (Å²) in [6.07, 6.45) is 5.42. The van der Waals surface area contributed by atoms with Gasteiger partial charge in [-0.3, -0.25) is 9.36 Å². The first-order valence-electron chi connectivity index (χ1n) is 8.69. The van der Waals surface area contributed by atoms with E-state index in [1.807, 2.05) is 30.3 Å². The molecule has 1 N–H and O–H groups in total. The lowest BCUT2D eigenvalue weighted by Crippen LogP contribution is -2.22. The lowest BCUT2D eigenvalue weighted by Gasteiger charge is -2.16. The SMILES string of the molecule is C#CCn1c(=O)c(-c2c(Cl)ccc(Cl)c2OCc2ccccc2)c(O)c2nsnc21. The lowest BCUT2D eigenvalue weighted by atomic mass is 10.0. The number of terminal acetylenes is 1. The number of pyridine rings is 1. The molecule has 4 rings (SSSR count). The van der Waals surface area contributed by atoms with Crippen molar-refractivity contribution in [3.63, 3.8) is 0 Å². The molecule has 2 aromatic heterocycles. The second-order valence-corrected chi connectivity index (χ2v) is 7.61. The minimum Gasteiger partial charge on any atom is -0.505 e. The Kier molecular flexibility index (Phi) is 5.64. The van der Waals surface area contributed by atoms with E-state index in [0.717, 1.165) is 17.3 Å². The minimum absolute atomic E-state index is 0.0492. The Labute approximate surface area is 185 Å². The van der Waals surface area contributed by atoms with Crippen molar-refractivity contribution in [3.8, 4) is 35.0 Å². The van der Waals surface area contributed by atoms with Gasteiger partial charge in [0.25, 0.3) is 5.56 Å². The highest BCUT2D eigenvalue weighted by Crippen LogP contribution is 2.44. The van der Waals surface area contributed by atoms with Gasteiger partial charge in [0.1, 0.15) is 12.4 Å². The first-order chi connectivity index (χ1) is 14.5. The minimum atomic E-state index is -0.570. The van der Waals surface area contributed by atoms with Gasteiger partial charge in [0.2, 0.25) is 0 Å². The van der Waals surface area contributed by atoms with Crippen LogP contribution in [0.1, 0.15) is 5.56 Å². The molecule has 4 aromatic rings. The van der Waals surface area contributed by atoms with Gasteiger partial charge in [-0.05, 0) is 17.7 Å². The number of benzene rings is 2. The van der Waals surface area contributed by atoms with Crippen molar-refractivity contribution in [2.75, 3.05) is 0 Å². The zero-order valence-electron chi connectivity index (χ0n) is 15.3. The van der Waals surface area contributed by atoms with E-state index in [0.29, 0.717) is 0 Å². The maximum atomic E-state index is 13.3. The van der Waals surface area contributed by atoms with Crippen LogP contribution in [-0.2, 0) is 13.2 Å². The molecule has 2 heterocycles. The predicted octanol–water partition coefficient (Wildman–Crippen LogP) is 4.74. The second kappa shape index (κ2) is 8.36. The Balaban J connectivity index is 1.95. The molecule has 0 aliphatic carbocycles. The van der Waals surface area contributed by atoms with Crippen molar-refractivity contribution in [2.24, 2.45) is 0 Å². The molecule has 0 fully saturated rings. The van der Waals surface area contributed by atoms with Gasteiger partial charge < -0.3 is 9.84 Å². The van der Waals surface area contributed by atoms with Gasteiger partial charge in [-0.15, -0.1) is 6.42 Å². The summed E-state index contributed by atoms with van der Waals surface area (Å²) in [5.41, 5.74) is 0.750. The molecule has 0 amide bonds. The Morgan fingerprint density at radius 1 is 1.10 bits per heavy atom. The summed E-state index contributed by atoms with van der Waals surface area (Å²) in [4.78, 5) is 13.3. The molecule has 0 aliphatic rings. The Hall–Kier alpha value is -3.05. The molecule has 150 valence electrons. The monoisotopic (exact) mass is 457 g/mol. The highest BCUT2D eigenvalue weighted by atomic mass is 35.5. The molecule has 0 spiro atoms. The number of ether oxygens (including phenoxy) is 1. The number of fused-ring (bicyclic) bond motifs is 1. The third kappa shape index (κ3) is 3.50. The quantitative estimate of drug-likeness (QED) is 0.437. The van der Waals surface area contributed by atoms with Crippen molar-refractivity contribution >= 4 is 46.1 Å². The topological polar surface area (TPSA) is 77.2 Å². The molecule has 0 saturated carbocycles. The Morgan fingerprint density at radius 2 is 1.83 bits per heavy atom. The zero-order valence-corrected chi connectivity index (χ0v) is 17.6. The molecule has 0 atom stereocenters. The van der Waals surface area contributed by atoms with E-state index in [1.54, 1.807) is 6.07 Å². The maximum absolute atomic E-state index is 13.3. The van der Waals surface area contributed by atoms with Crippen LogP contribution in [-0.4, -0.2) is 18.4 Å². The summed E-state index contributed by atoms with van der Waals surface area (Å²) >= 11 is 13.7. The Bertz CT molecular complexity index is 1340. The second-order valence-electron chi connectivity index (χ2n) is 6.26. The Morgan fingerprint density at radius 3 is 2.57 bits per heavy atom. The number of aromatic hydroxyl groups is 1. The van der Waals surface area contributed by atoms with Crippen molar-refractivity contribution in [1.29, 1.82) is 0 Å². The average molecular weight is 458 g/mol. The van der Waals surface area contributed by atoms with Crippen LogP contribution in [0.25, 0.3) is 22.3 Å². The van der Waals surface area contributed by atoms with Crippen LogP contribution in [0.5, 0.6) is 11.5 Å². The van der Waals surface area contributed by atoms with Crippen LogP contribution >= 0.6 is 34.9 Å². The maximum Gasteiger partial charge on any atom is 0.265 e. The van der Waals surface area contributed by atoms with E-state index < -0.39 is 5.56 Å². The van der Waals surface area contributed by atoms with Crippen LogP contribution in [0.3, 0.4) is 0 Å². The van der Waals surface area contributed by atoms with Gasteiger partial charge in [0, 0.05) is 0 Å². The summed E-state index contributed by atoms with van der Waals surface area (Å²) in [6, 6.07) is 12.5. The third-order valence-electron chi connectivity index (χ3n) is 4.43. The summed E-state index contributed by atoms with van der Waals surface area (Å²) in [5, 5.41) is 11.3. The zero-order chi connectivity index (χ0) is 21.3. The van der Waals surface area contributed by atoms with Crippen molar-refractivity contribution in [2.45, 2.75) is 13.2 Å². The standard InChI is InChI=1S/C21H13Cl2N3O3S/c1-2-10-26-20-17(24-30-25-20)18(27)16(21(26)28)15-13(22)8-9-14(23)19(15)29-11-12-6-4-3-5-7-12/h1,3-9,27H,10-11H2. The molecule has 2 aromatic carbocycles. The normalized spacial score (nSPS) is 10.8. The molecule has 0 saturated heterocycles. The molecule has 0 radical (unpaired) electrons. The molecule has 0 unspecified atom stereocenters. The number of aromatic nitrogens is 3. The summed E-state index contributed by atoms with van der Waals surface area (Å²) < 4.78 is 15.4. The fourth-order valence-corrected chi connectivity index (χ4v) is 4.07. The summed E-state index contributed by atoms with van der Waals surface area (Å²) in [5.74, 6) is 2.24. The predicted molar refractivity (Wildman–Crippen MR) is 118 cm³/mol. The molecular formula is C21H13Cl2N3O3S. The number of nitrogens with zero attached hydrogens (tertiary/aromatic N) is 3. The molecule has 0 aliphatic heterocycles. The van der Waals surface area contributed by atoms with Crippen LogP contribution in [0.2, 0.25) is 10.0 Å². The van der Waals surface area contributed by atoms with Crippen LogP contribution in [0, 0.1) is 12.3 Å². The first kappa shape index (κ1) is 20.2. The molecule has 30 heavy (non-hydrogen) atoms. The number of hydrogen-bond donors (Lipinski definition) is 1. The van der Waals surface area contributed by atoms with Crippen LogP contribution in [0.15, 0.2) is 47.3 Å². The lowest BCUT2D eigenvalue weighted by molar-refractivity contribution is 0.307. The van der Waals surface area contributed by atoms with Crippen molar-refractivity contribution in [1.82, 2.24) is 13.3 Å². The first-order valence-corrected chi connectivity index (χ1v) is 10.2. The van der Waals surface area contributed by atoms with Crippen LogP contribution < -0.4 is 10.3 Å². The summed E-state index contributed by atoms with van der Waals surface area (Å²) in [7, 11) is 0. The van der Waals surface area contributed by atoms with E-state index in [2.05, 4.69) is 14.7 Å². The fourth-order valence-electron chi connectivity index (χ4n) is 3.06. The van der Waals surface area contributed by atoms with Gasteiger partial charge in [-0.1, -0.05) is 59.5 Å². The van der Waals surface area contributed by atoms with Gasteiger partial charge >= 0.3 is 0 Å². The van der Waals surface area contributed by atoms with E-state index in [1.165, 1.54) is 10.6 Å². The van der Waals surface area contributed by atoms with Crippen molar-refractivity contribution < 1.29 is 9.84 Å². The molecular weight excluding hydrogens is 445 g/mol. The highest BCUT2D eigenvalue weighted by molar-refractivity contribution is 7.00. The average Bonchev–Trinajstić information content (AvgIpc) is 3.24. The van der Waals surface area contributed by atoms with E-state index in [9.17, 15) is 9.90 Å². The largest absolute Gasteiger partial charge is 0.505 e. The fraction of sp³-hybridized carbons (Fsp3) is 0.0952. The van der Waals surface area contributed by atoms with Gasteiger partial charge in [0.05, 0.1) is 39.4 Å². The smallest absolute Gasteiger partial charge is 0.265 e. The molecule has 0 bridgehead atoms. The van der Waals surface area contributed by atoms with E-state index in [-0.39, 0.29) is 57.0 Å². The van der Waals surface area contributed by atoms with E-state index >= 15 is 0 Å². The summed E-state index contributed by atoms with van der Waals surface area (Å²) in [6.45, 7) is 0.139. The van der Waals surface area contributed by atoms with Crippen molar-refractivity contribution in [3.05, 3.63) is 68.4 Å². The third-order valence-corrected chi connectivity index (χ3v) is 5.56. The number of halogens is 2. The van der Waals surface area contributed by atoms with Crippen LogP contribution in [0.4, 0.5) is 0 Å². The van der Waals surface area contributed by atoms with Gasteiger partial charge in [-0.25, -0.2) is 0 Å².